The smallest absolute Gasteiger partial charge is 0.0981 e. The Morgan fingerprint density at radius 3 is 2.70 bits per heavy atom. The van der Waals surface area contributed by atoms with Gasteiger partial charge in [0.2, 0.25) is 0 Å². The van der Waals surface area contributed by atoms with Crippen LogP contribution in [0.2, 0.25) is 0 Å². The summed E-state index contributed by atoms with van der Waals surface area (Å²) in [6.07, 6.45) is 6.02. The summed E-state index contributed by atoms with van der Waals surface area (Å²) in [5.74, 6) is 0. The molecule has 56 valence electrons. The van der Waals surface area contributed by atoms with Crippen molar-refractivity contribution < 1.29 is 0 Å². The third kappa shape index (κ3) is 1.51. The lowest BCUT2D eigenvalue weighted by Gasteiger charge is -2.23. The van der Waals surface area contributed by atoms with Crippen molar-refractivity contribution >= 4 is 0 Å². The van der Waals surface area contributed by atoms with E-state index in [1.165, 1.54) is 0 Å². The largest absolute Gasteiger partial charge is 0.398 e. The van der Waals surface area contributed by atoms with Gasteiger partial charge in [0.1, 0.15) is 0 Å². The summed E-state index contributed by atoms with van der Waals surface area (Å²) in [4.78, 5) is 2.07. The molecule has 1 unspecified atom stereocenters. The summed E-state index contributed by atoms with van der Waals surface area (Å²) in [5.41, 5.74) is 6.27. The van der Waals surface area contributed by atoms with Gasteiger partial charge in [0, 0.05) is 11.9 Å². The number of allylic oxidation sites excluding steroid dienone is 1. The molecule has 0 fully saturated rings. The first-order valence-corrected chi connectivity index (χ1v) is 3.26. The van der Waals surface area contributed by atoms with Crippen molar-refractivity contribution in [3.63, 3.8) is 0 Å². The fraction of sp³-hybridized carbons (Fsp3) is 0.429. The average Bonchev–Trinajstić information content (AvgIpc) is 1.88. The van der Waals surface area contributed by atoms with Gasteiger partial charge in [-0.3, -0.25) is 4.90 Å². The Labute approximate surface area is 61.2 Å². The first-order chi connectivity index (χ1) is 4.70. The average molecular weight is 139 g/mol. The zero-order valence-corrected chi connectivity index (χ0v) is 6.33. The number of likely N-dealkylation sites (N-methyl/N-ethyl adjacent to an activating group) is 1. The molecule has 0 aromatic heterocycles. The minimum Gasteiger partial charge on any atom is -0.398 e. The van der Waals surface area contributed by atoms with Crippen LogP contribution in [-0.2, 0) is 0 Å². The van der Waals surface area contributed by atoms with Crippen LogP contribution in [0.25, 0.3) is 0 Å². The molecule has 0 radical (unpaired) electrons. The minimum absolute atomic E-state index is 0.285. The number of hydrogen-bond acceptors (Lipinski definition) is 3. The molecule has 0 bridgehead atoms. The second kappa shape index (κ2) is 2.75. The molecule has 0 spiro atoms. The first kappa shape index (κ1) is 7.15. The quantitative estimate of drug-likeness (QED) is 0.530. The predicted octanol–water partition coefficient (Wildman–Crippen LogP) is -0.166. The van der Waals surface area contributed by atoms with E-state index in [-0.39, 0.29) is 6.17 Å². The van der Waals surface area contributed by atoms with Crippen LogP contribution in [0.3, 0.4) is 0 Å². The Balaban J connectivity index is 2.52. The van der Waals surface area contributed by atoms with Crippen LogP contribution in [0.15, 0.2) is 24.0 Å². The zero-order chi connectivity index (χ0) is 7.56. The van der Waals surface area contributed by atoms with Gasteiger partial charge >= 0.3 is 0 Å². The fourth-order valence-electron chi connectivity index (χ4n) is 0.809. The zero-order valence-electron chi connectivity index (χ0n) is 6.33. The third-order valence-corrected chi connectivity index (χ3v) is 1.45. The number of nitrogens with zero attached hydrogens (tertiary/aromatic N) is 1. The summed E-state index contributed by atoms with van der Waals surface area (Å²) in [7, 11) is 4.02. The molecule has 1 rings (SSSR count). The maximum atomic E-state index is 5.49. The Hall–Kier alpha value is -0.960. The van der Waals surface area contributed by atoms with E-state index in [1.54, 1.807) is 0 Å². The monoisotopic (exact) mass is 139 g/mol. The second-order valence-electron chi connectivity index (χ2n) is 2.58. The highest BCUT2D eigenvalue weighted by Gasteiger charge is 2.06. The van der Waals surface area contributed by atoms with Crippen molar-refractivity contribution in [2.45, 2.75) is 6.17 Å². The lowest BCUT2D eigenvalue weighted by molar-refractivity contribution is 0.315. The SMILES string of the molecule is CN(C)C1C=CC(N)=CN1. The van der Waals surface area contributed by atoms with Crippen molar-refractivity contribution in [1.29, 1.82) is 0 Å². The van der Waals surface area contributed by atoms with E-state index in [1.807, 2.05) is 32.4 Å². The molecule has 3 heteroatoms. The van der Waals surface area contributed by atoms with Gasteiger partial charge < -0.3 is 11.1 Å². The number of rotatable bonds is 1. The summed E-state index contributed by atoms with van der Waals surface area (Å²) < 4.78 is 0. The van der Waals surface area contributed by atoms with Crippen molar-refractivity contribution in [3.8, 4) is 0 Å². The standard InChI is InChI=1S/C7H13N3/c1-10(2)7-4-3-6(8)5-9-7/h3-5,7,9H,8H2,1-2H3. The number of dihydropyridines is 1. The summed E-state index contributed by atoms with van der Waals surface area (Å²) in [6.45, 7) is 0. The number of nitrogens with two attached hydrogens (primary N) is 1. The number of hydrogen-bond donors (Lipinski definition) is 2. The van der Waals surface area contributed by atoms with E-state index in [4.69, 9.17) is 5.73 Å². The predicted molar refractivity (Wildman–Crippen MR) is 42.0 cm³/mol. The normalized spacial score (nSPS) is 24.3. The summed E-state index contributed by atoms with van der Waals surface area (Å²) in [6, 6.07) is 0. The van der Waals surface area contributed by atoms with Crippen LogP contribution in [0.4, 0.5) is 0 Å². The van der Waals surface area contributed by atoms with E-state index < -0.39 is 0 Å². The molecular formula is C7H13N3. The highest BCUT2D eigenvalue weighted by Crippen LogP contribution is 1.99. The van der Waals surface area contributed by atoms with Crippen LogP contribution >= 0.6 is 0 Å². The summed E-state index contributed by atoms with van der Waals surface area (Å²) >= 11 is 0. The third-order valence-electron chi connectivity index (χ3n) is 1.45. The lowest BCUT2D eigenvalue weighted by atomic mass is 10.3. The van der Waals surface area contributed by atoms with Crippen LogP contribution in [0.1, 0.15) is 0 Å². The van der Waals surface area contributed by atoms with Gasteiger partial charge in [0.25, 0.3) is 0 Å². The highest BCUT2D eigenvalue weighted by atomic mass is 15.2. The van der Waals surface area contributed by atoms with E-state index >= 15 is 0 Å². The molecule has 0 aliphatic carbocycles. The fourth-order valence-corrected chi connectivity index (χ4v) is 0.809. The van der Waals surface area contributed by atoms with Crippen LogP contribution < -0.4 is 11.1 Å². The van der Waals surface area contributed by atoms with Crippen molar-refractivity contribution in [2.75, 3.05) is 14.1 Å². The molecule has 0 saturated heterocycles. The van der Waals surface area contributed by atoms with Gasteiger partial charge in [-0.2, -0.15) is 0 Å². The maximum absolute atomic E-state index is 5.49. The lowest BCUT2D eigenvalue weighted by Crippen LogP contribution is -2.38. The van der Waals surface area contributed by atoms with Gasteiger partial charge in [-0.15, -0.1) is 0 Å². The first-order valence-electron chi connectivity index (χ1n) is 3.26. The molecule has 1 aliphatic heterocycles. The van der Waals surface area contributed by atoms with Crippen molar-refractivity contribution in [1.82, 2.24) is 10.2 Å². The Morgan fingerprint density at radius 2 is 2.30 bits per heavy atom. The van der Waals surface area contributed by atoms with E-state index in [9.17, 15) is 0 Å². The second-order valence-corrected chi connectivity index (χ2v) is 2.58. The van der Waals surface area contributed by atoms with Crippen LogP contribution in [0.5, 0.6) is 0 Å². The van der Waals surface area contributed by atoms with Gasteiger partial charge in [-0.25, -0.2) is 0 Å². The molecule has 3 nitrogen and oxygen atoms in total. The van der Waals surface area contributed by atoms with Gasteiger partial charge in [-0.05, 0) is 26.2 Å². The molecule has 0 saturated carbocycles. The molecule has 0 amide bonds. The molecule has 1 atom stereocenters. The van der Waals surface area contributed by atoms with Crippen LogP contribution in [0, 0.1) is 0 Å². The van der Waals surface area contributed by atoms with Crippen molar-refractivity contribution in [2.24, 2.45) is 5.73 Å². The number of nitrogens with one attached hydrogen (secondary N) is 1. The molecular weight excluding hydrogens is 126 g/mol. The topological polar surface area (TPSA) is 41.3 Å². The molecule has 10 heavy (non-hydrogen) atoms. The molecule has 1 heterocycles. The van der Waals surface area contributed by atoms with Gasteiger partial charge in [0.05, 0.1) is 6.17 Å². The molecule has 0 aromatic rings. The molecule has 1 aliphatic rings. The van der Waals surface area contributed by atoms with E-state index in [2.05, 4.69) is 10.2 Å². The molecule has 3 N–H and O–H groups in total. The summed E-state index contributed by atoms with van der Waals surface area (Å²) in [5, 5.41) is 3.12. The minimum atomic E-state index is 0.285. The highest BCUT2D eigenvalue weighted by molar-refractivity contribution is 5.20. The van der Waals surface area contributed by atoms with E-state index in [0.29, 0.717) is 0 Å². The maximum Gasteiger partial charge on any atom is 0.0981 e. The van der Waals surface area contributed by atoms with Gasteiger partial charge in [0.15, 0.2) is 0 Å². The van der Waals surface area contributed by atoms with Crippen LogP contribution in [-0.4, -0.2) is 25.2 Å². The molecule has 0 aromatic carbocycles. The van der Waals surface area contributed by atoms with Gasteiger partial charge in [-0.1, -0.05) is 0 Å². The van der Waals surface area contributed by atoms with Crippen molar-refractivity contribution in [3.05, 3.63) is 24.0 Å². The Bertz CT molecular complexity index is 170. The Kier molecular flexibility index (Phi) is 1.97. The van der Waals surface area contributed by atoms with E-state index in [0.717, 1.165) is 5.70 Å². The Morgan fingerprint density at radius 1 is 1.60 bits per heavy atom.